The lowest BCUT2D eigenvalue weighted by atomic mass is 9.97. The number of ether oxygens (including phenoxy) is 1. The number of nitrogens with zero attached hydrogens (tertiary/aromatic N) is 5. The van der Waals surface area contributed by atoms with Gasteiger partial charge in [-0.2, -0.15) is 0 Å². The van der Waals surface area contributed by atoms with Crippen molar-refractivity contribution in [3.63, 3.8) is 0 Å². The molecule has 1 N–H and O–H groups in total. The first-order chi connectivity index (χ1) is 15.8. The van der Waals surface area contributed by atoms with Gasteiger partial charge < -0.3 is 19.5 Å². The number of benzene rings is 1. The molecular weight excluding hydrogens is 428 g/mol. The van der Waals surface area contributed by atoms with E-state index in [4.69, 9.17) is 4.74 Å². The van der Waals surface area contributed by atoms with Crippen molar-refractivity contribution in [2.24, 2.45) is 20.0 Å². The Balaban J connectivity index is 1.29. The number of para-hydroxylation sites is 1. The second-order valence-electron chi connectivity index (χ2n) is 8.17. The molecule has 0 aliphatic carbocycles. The van der Waals surface area contributed by atoms with E-state index < -0.39 is 11.2 Å². The molecule has 0 saturated carbocycles. The SMILES string of the molecule is Cn1c(=O)c2c(ncn2CC(=O)NCC2CCN(C(=O)Oc3ccccc3)CC2)n(C)c1=O. The first-order valence-corrected chi connectivity index (χ1v) is 10.7. The van der Waals surface area contributed by atoms with Crippen LogP contribution in [0.25, 0.3) is 11.2 Å². The molecule has 11 heteroatoms. The van der Waals surface area contributed by atoms with E-state index in [1.165, 1.54) is 29.6 Å². The van der Waals surface area contributed by atoms with Crippen molar-refractivity contribution < 1.29 is 14.3 Å². The maximum absolute atomic E-state index is 12.5. The predicted molar refractivity (Wildman–Crippen MR) is 120 cm³/mol. The summed E-state index contributed by atoms with van der Waals surface area (Å²) in [5, 5.41) is 2.90. The van der Waals surface area contributed by atoms with Gasteiger partial charge in [-0.15, -0.1) is 0 Å². The molecule has 0 bridgehead atoms. The number of imidazole rings is 1. The van der Waals surface area contributed by atoms with Crippen LogP contribution in [0.15, 0.2) is 46.2 Å². The summed E-state index contributed by atoms with van der Waals surface area (Å²) in [5.74, 6) is 0.498. The number of piperidine rings is 1. The van der Waals surface area contributed by atoms with E-state index in [-0.39, 0.29) is 35.6 Å². The quantitative estimate of drug-likeness (QED) is 0.598. The average Bonchev–Trinajstić information content (AvgIpc) is 3.24. The zero-order chi connectivity index (χ0) is 23.5. The van der Waals surface area contributed by atoms with Crippen LogP contribution in [0, 0.1) is 5.92 Å². The van der Waals surface area contributed by atoms with Crippen LogP contribution < -0.4 is 21.3 Å². The van der Waals surface area contributed by atoms with E-state index in [2.05, 4.69) is 10.3 Å². The molecule has 33 heavy (non-hydrogen) atoms. The molecule has 1 saturated heterocycles. The zero-order valence-electron chi connectivity index (χ0n) is 18.6. The van der Waals surface area contributed by atoms with Crippen molar-refractivity contribution >= 4 is 23.2 Å². The molecule has 2 amide bonds. The minimum Gasteiger partial charge on any atom is -0.410 e. The molecular formula is C22H26N6O5. The normalized spacial score (nSPS) is 14.4. The zero-order valence-corrected chi connectivity index (χ0v) is 18.6. The molecule has 0 radical (unpaired) electrons. The number of nitrogens with one attached hydrogen (secondary N) is 1. The largest absolute Gasteiger partial charge is 0.415 e. The summed E-state index contributed by atoms with van der Waals surface area (Å²) in [7, 11) is 2.92. The Kier molecular flexibility index (Phi) is 6.29. The third kappa shape index (κ3) is 4.66. The highest BCUT2D eigenvalue weighted by Crippen LogP contribution is 2.18. The van der Waals surface area contributed by atoms with Gasteiger partial charge in [-0.3, -0.25) is 18.7 Å². The number of aryl methyl sites for hydroxylation is 1. The number of carbonyl (C=O) groups excluding carboxylic acids is 2. The monoisotopic (exact) mass is 454 g/mol. The highest BCUT2D eigenvalue weighted by molar-refractivity contribution is 5.78. The Hall–Kier alpha value is -3.89. The Labute approximate surface area is 189 Å². The summed E-state index contributed by atoms with van der Waals surface area (Å²) in [6.07, 6.45) is 2.52. The van der Waals surface area contributed by atoms with Gasteiger partial charge in [0, 0.05) is 33.7 Å². The Morgan fingerprint density at radius 3 is 2.48 bits per heavy atom. The number of likely N-dealkylation sites (tertiary alicyclic amines) is 1. The van der Waals surface area contributed by atoms with Crippen LogP contribution in [0.1, 0.15) is 12.8 Å². The van der Waals surface area contributed by atoms with Gasteiger partial charge in [0.1, 0.15) is 12.3 Å². The standard InChI is InChI=1S/C22H26N6O5/c1-25-19-18(20(30)26(2)21(25)31)28(14-24-19)13-17(29)23-12-15-8-10-27(11-9-15)22(32)33-16-6-4-3-5-7-16/h3-7,14-15H,8-13H2,1-2H3,(H,23,29). The van der Waals surface area contributed by atoms with Gasteiger partial charge in [0.25, 0.3) is 5.56 Å². The summed E-state index contributed by atoms with van der Waals surface area (Å²) in [6.45, 7) is 1.51. The molecule has 3 heterocycles. The molecule has 11 nitrogen and oxygen atoms in total. The summed E-state index contributed by atoms with van der Waals surface area (Å²) < 4.78 is 9.10. The molecule has 0 spiro atoms. The second kappa shape index (κ2) is 9.31. The van der Waals surface area contributed by atoms with E-state index in [1.54, 1.807) is 17.0 Å². The lowest BCUT2D eigenvalue weighted by Gasteiger charge is -2.31. The fourth-order valence-corrected chi connectivity index (χ4v) is 3.96. The molecule has 0 atom stereocenters. The molecule has 1 fully saturated rings. The van der Waals surface area contributed by atoms with Crippen LogP contribution in [0.2, 0.25) is 0 Å². The van der Waals surface area contributed by atoms with Crippen LogP contribution in [0.5, 0.6) is 5.75 Å². The van der Waals surface area contributed by atoms with Crippen molar-refractivity contribution in [3.05, 3.63) is 57.5 Å². The topological polar surface area (TPSA) is 120 Å². The molecule has 174 valence electrons. The molecule has 1 aliphatic heterocycles. The Bertz CT molecular complexity index is 1280. The maximum atomic E-state index is 12.5. The van der Waals surface area contributed by atoms with Crippen LogP contribution >= 0.6 is 0 Å². The molecule has 2 aromatic heterocycles. The predicted octanol–water partition coefficient (Wildman–Crippen LogP) is 0.461. The smallest absolute Gasteiger partial charge is 0.410 e. The molecule has 1 aromatic carbocycles. The first kappa shape index (κ1) is 22.3. The second-order valence-corrected chi connectivity index (χ2v) is 8.17. The third-order valence-corrected chi connectivity index (χ3v) is 5.94. The summed E-state index contributed by atoms with van der Waals surface area (Å²) in [5.41, 5.74) is -0.514. The van der Waals surface area contributed by atoms with Crippen molar-refractivity contribution in [3.8, 4) is 5.75 Å². The van der Waals surface area contributed by atoms with Crippen molar-refractivity contribution in [1.82, 2.24) is 28.9 Å². The Morgan fingerprint density at radius 1 is 1.09 bits per heavy atom. The third-order valence-electron chi connectivity index (χ3n) is 5.94. The van der Waals surface area contributed by atoms with E-state index in [1.807, 2.05) is 18.2 Å². The highest BCUT2D eigenvalue weighted by Gasteiger charge is 2.24. The minimum atomic E-state index is -0.492. The first-order valence-electron chi connectivity index (χ1n) is 10.7. The van der Waals surface area contributed by atoms with Crippen molar-refractivity contribution in [2.75, 3.05) is 19.6 Å². The van der Waals surface area contributed by atoms with Crippen LogP contribution in [0.4, 0.5) is 4.79 Å². The number of hydrogen-bond donors (Lipinski definition) is 1. The highest BCUT2D eigenvalue weighted by atomic mass is 16.6. The molecule has 3 aromatic rings. The number of aromatic nitrogens is 4. The number of fused-ring (bicyclic) bond motifs is 1. The summed E-state index contributed by atoms with van der Waals surface area (Å²) >= 11 is 0. The number of carbonyl (C=O) groups is 2. The lowest BCUT2D eigenvalue weighted by Crippen LogP contribution is -2.43. The van der Waals surface area contributed by atoms with Crippen molar-refractivity contribution in [1.29, 1.82) is 0 Å². The molecule has 4 rings (SSSR count). The summed E-state index contributed by atoms with van der Waals surface area (Å²) in [6, 6.07) is 8.94. The van der Waals surface area contributed by atoms with E-state index >= 15 is 0 Å². The van der Waals surface area contributed by atoms with Gasteiger partial charge in [-0.25, -0.2) is 14.6 Å². The minimum absolute atomic E-state index is 0.0772. The van der Waals surface area contributed by atoms with Gasteiger partial charge in [0.05, 0.1) is 6.33 Å². The van der Waals surface area contributed by atoms with Gasteiger partial charge in [0.15, 0.2) is 11.2 Å². The van der Waals surface area contributed by atoms with Gasteiger partial charge >= 0.3 is 11.8 Å². The van der Waals surface area contributed by atoms with Gasteiger partial charge in [-0.05, 0) is 30.9 Å². The number of rotatable bonds is 5. The van der Waals surface area contributed by atoms with E-state index in [9.17, 15) is 19.2 Å². The number of hydrogen-bond acceptors (Lipinski definition) is 6. The Morgan fingerprint density at radius 2 is 1.79 bits per heavy atom. The van der Waals surface area contributed by atoms with Crippen LogP contribution in [-0.2, 0) is 25.4 Å². The fourth-order valence-electron chi connectivity index (χ4n) is 3.96. The van der Waals surface area contributed by atoms with Crippen LogP contribution in [-0.4, -0.2) is 55.2 Å². The molecule has 0 unspecified atom stereocenters. The van der Waals surface area contributed by atoms with E-state index in [0.717, 1.165) is 17.4 Å². The fraction of sp³-hybridized carbons (Fsp3) is 0.409. The number of amides is 2. The van der Waals surface area contributed by atoms with Crippen LogP contribution in [0.3, 0.4) is 0 Å². The lowest BCUT2D eigenvalue weighted by molar-refractivity contribution is -0.121. The van der Waals surface area contributed by atoms with E-state index in [0.29, 0.717) is 25.4 Å². The van der Waals surface area contributed by atoms with Crippen molar-refractivity contribution in [2.45, 2.75) is 19.4 Å². The molecule has 1 aliphatic rings. The summed E-state index contributed by atoms with van der Waals surface area (Å²) in [4.78, 5) is 55.1. The average molecular weight is 454 g/mol. The van der Waals surface area contributed by atoms with Gasteiger partial charge in [-0.1, -0.05) is 18.2 Å². The maximum Gasteiger partial charge on any atom is 0.415 e. The van der Waals surface area contributed by atoms with Gasteiger partial charge in [0.2, 0.25) is 5.91 Å².